The molecule has 6 rings (SSSR count). The number of aromatic nitrogens is 3. The molecule has 1 unspecified atom stereocenters. The lowest BCUT2D eigenvalue weighted by Crippen LogP contribution is -2.40. The molecule has 0 spiro atoms. The number of rotatable bonds is 7. The van der Waals surface area contributed by atoms with E-state index >= 15 is 0 Å². The molecule has 2 aromatic carbocycles. The van der Waals surface area contributed by atoms with Gasteiger partial charge in [-0.25, -0.2) is 18.1 Å². The minimum Gasteiger partial charge on any atom is -0.423 e. The first-order valence-electron chi connectivity index (χ1n) is 12.4. The van der Waals surface area contributed by atoms with Crippen LogP contribution in [0.25, 0.3) is 21.3 Å². The lowest BCUT2D eigenvalue weighted by molar-refractivity contribution is -0.120. The number of ether oxygens (including phenoxy) is 1. The number of amides is 2. The fraction of sp³-hybridized carbons (Fsp3) is 0.320. The highest BCUT2D eigenvalue weighted by Gasteiger charge is 2.35. The number of carbonyl (C=O) groups excluding carboxylic acids is 2. The van der Waals surface area contributed by atoms with Gasteiger partial charge in [0.1, 0.15) is 11.0 Å². The summed E-state index contributed by atoms with van der Waals surface area (Å²) in [6.45, 7) is 2.26. The molecule has 2 aromatic heterocycles. The molecule has 4 heterocycles. The smallest absolute Gasteiger partial charge is 0.254 e. The van der Waals surface area contributed by atoms with Crippen LogP contribution in [-0.4, -0.2) is 78.9 Å². The lowest BCUT2D eigenvalue weighted by atomic mass is 10.0. The average molecular weight is 601 g/mol. The molecule has 2 aliphatic rings. The zero-order valence-corrected chi connectivity index (χ0v) is 23.6. The molecule has 2 N–H and O–H groups in total. The Morgan fingerprint density at radius 1 is 1.12 bits per heavy atom. The van der Waals surface area contributed by atoms with Gasteiger partial charge in [0.05, 0.1) is 29.9 Å². The van der Waals surface area contributed by atoms with Crippen LogP contribution in [0.4, 0.5) is 0 Å². The summed E-state index contributed by atoms with van der Waals surface area (Å²) in [5.74, 6) is -0.180. The van der Waals surface area contributed by atoms with E-state index in [0.717, 1.165) is 34.2 Å². The summed E-state index contributed by atoms with van der Waals surface area (Å²) >= 11 is 2.30. The van der Waals surface area contributed by atoms with Crippen molar-refractivity contribution in [1.82, 2.24) is 29.5 Å². The van der Waals surface area contributed by atoms with Gasteiger partial charge in [0, 0.05) is 37.0 Å². The number of benzene rings is 2. The zero-order chi connectivity index (χ0) is 27.9. The predicted molar refractivity (Wildman–Crippen MR) is 149 cm³/mol. The number of nitrogens with zero attached hydrogens (tertiary/aromatic N) is 4. The number of sulfone groups is 1. The van der Waals surface area contributed by atoms with Gasteiger partial charge in [0.15, 0.2) is 15.1 Å². The van der Waals surface area contributed by atoms with E-state index in [9.17, 15) is 18.0 Å². The highest BCUT2D eigenvalue weighted by Crippen LogP contribution is 2.36. The highest BCUT2D eigenvalue weighted by molar-refractivity contribution is 7.96. The van der Waals surface area contributed by atoms with E-state index in [1.165, 1.54) is 11.3 Å². The molecule has 2 fully saturated rings. The molecule has 0 bridgehead atoms. The van der Waals surface area contributed by atoms with Crippen molar-refractivity contribution in [3.63, 3.8) is 0 Å². The molecule has 2 atom stereocenters. The highest BCUT2D eigenvalue weighted by atomic mass is 32.2. The Morgan fingerprint density at radius 2 is 1.88 bits per heavy atom. The summed E-state index contributed by atoms with van der Waals surface area (Å²) < 4.78 is 42.9. The summed E-state index contributed by atoms with van der Waals surface area (Å²) in [5.41, 5.74) is 3.08. The van der Waals surface area contributed by atoms with Crippen LogP contribution in [0.1, 0.15) is 32.4 Å². The molecule has 2 saturated heterocycles. The Kier molecular flexibility index (Phi) is 7.31. The Morgan fingerprint density at radius 3 is 2.58 bits per heavy atom. The Labute approximate surface area is 237 Å². The number of hydrogen-bond donors (Lipinski definition) is 2. The van der Waals surface area contributed by atoms with Gasteiger partial charge in [-0.3, -0.25) is 14.3 Å². The van der Waals surface area contributed by atoms with E-state index in [-0.39, 0.29) is 30.0 Å². The van der Waals surface area contributed by atoms with Crippen LogP contribution in [0.2, 0.25) is 0 Å². The molecule has 12 nitrogen and oxygen atoms in total. The lowest BCUT2D eigenvalue weighted by Gasteiger charge is -2.26. The topological polar surface area (TPSA) is 157 Å². The summed E-state index contributed by atoms with van der Waals surface area (Å²) in [5, 5.41) is 7.02. The first kappa shape index (κ1) is 26.8. The van der Waals surface area contributed by atoms with E-state index in [4.69, 9.17) is 9.15 Å². The van der Waals surface area contributed by atoms with Gasteiger partial charge < -0.3 is 14.1 Å². The maximum Gasteiger partial charge on any atom is 0.254 e. The van der Waals surface area contributed by atoms with Crippen molar-refractivity contribution in [3.05, 3.63) is 64.8 Å². The van der Waals surface area contributed by atoms with Gasteiger partial charge in [-0.05, 0) is 35.4 Å². The van der Waals surface area contributed by atoms with E-state index < -0.39 is 21.1 Å². The van der Waals surface area contributed by atoms with Crippen molar-refractivity contribution in [3.8, 4) is 11.1 Å². The summed E-state index contributed by atoms with van der Waals surface area (Å²) in [6, 6.07) is 12.5. The number of thiazole rings is 1. The van der Waals surface area contributed by atoms with Crippen LogP contribution >= 0.6 is 23.5 Å². The number of morpholine rings is 1. The molecule has 4 aromatic rings. The third-order valence-corrected chi connectivity index (χ3v) is 9.79. The quantitative estimate of drug-likeness (QED) is 0.300. The Hall–Kier alpha value is -3.37. The van der Waals surface area contributed by atoms with Crippen LogP contribution in [-0.2, 0) is 25.8 Å². The number of hydrogen-bond acceptors (Lipinski definition) is 12. The standard InChI is InChI=1S/C25H24N6O6S3/c1-40(34,35)21(23-28-27-20(37-23)13-18-22(32)30-39-29-18)24-26-17-7-6-16(12-19(17)38-24)14-2-4-15(5-3-14)25(33)31-8-10-36-11-9-31/h2-7,12,18,21,29H,8-11,13H2,1H3,(H,30,32)/t18-,21?/m0/s1. The van der Waals surface area contributed by atoms with Crippen molar-refractivity contribution in [1.29, 1.82) is 0 Å². The van der Waals surface area contributed by atoms with E-state index in [1.54, 1.807) is 4.90 Å². The van der Waals surface area contributed by atoms with Crippen LogP contribution in [0, 0.1) is 0 Å². The fourth-order valence-corrected chi connectivity index (χ4v) is 7.66. The number of carbonyl (C=O) groups is 2. The zero-order valence-electron chi connectivity index (χ0n) is 21.2. The van der Waals surface area contributed by atoms with Crippen LogP contribution < -0.4 is 9.44 Å². The van der Waals surface area contributed by atoms with Crippen LogP contribution in [0.5, 0.6) is 0 Å². The number of fused-ring (bicyclic) bond motifs is 1. The maximum absolute atomic E-state index is 12.8. The molecule has 0 saturated carbocycles. The molecule has 2 aliphatic heterocycles. The van der Waals surface area contributed by atoms with Gasteiger partial charge in [0.2, 0.25) is 17.7 Å². The number of nitrogens with one attached hydrogen (secondary N) is 2. The Bertz CT molecular complexity index is 1680. The van der Waals surface area contributed by atoms with Gasteiger partial charge in [0.25, 0.3) is 5.91 Å². The summed E-state index contributed by atoms with van der Waals surface area (Å²) in [7, 11) is -3.72. The van der Waals surface area contributed by atoms with E-state index in [2.05, 4.69) is 24.6 Å². The van der Waals surface area contributed by atoms with Crippen molar-refractivity contribution in [2.45, 2.75) is 17.7 Å². The molecule has 0 aliphatic carbocycles. The van der Waals surface area contributed by atoms with Crippen molar-refractivity contribution >= 4 is 55.3 Å². The molecular formula is C25H24N6O6S3. The van der Waals surface area contributed by atoms with Gasteiger partial charge in [-0.15, -0.1) is 21.5 Å². The van der Waals surface area contributed by atoms with Crippen molar-refractivity contribution in [2.75, 3.05) is 32.6 Å². The third-order valence-electron chi connectivity index (χ3n) is 6.58. The second-order valence-corrected chi connectivity index (χ2v) is 13.2. The second kappa shape index (κ2) is 10.9. The molecule has 15 heteroatoms. The normalized spacial score (nSPS) is 18.7. The van der Waals surface area contributed by atoms with E-state index in [0.29, 0.717) is 42.4 Å². The minimum absolute atomic E-state index is 0.0185. The van der Waals surface area contributed by atoms with E-state index in [1.807, 2.05) is 42.5 Å². The molecular weight excluding hydrogens is 577 g/mol. The summed E-state index contributed by atoms with van der Waals surface area (Å²) in [4.78, 5) is 31.0. The largest absolute Gasteiger partial charge is 0.423 e. The van der Waals surface area contributed by atoms with Gasteiger partial charge in [-0.1, -0.05) is 18.2 Å². The van der Waals surface area contributed by atoms with Crippen molar-refractivity contribution < 1.29 is 27.2 Å². The fourth-order valence-electron chi connectivity index (χ4n) is 4.50. The summed E-state index contributed by atoms with van der Waals surface area (Å²) in [6.07, 6.45) is 1.23. The Balaban J connectivity index is 1.25. The first-order valence-corrected chi connectivity index (χ1v) is 16.0. The third kappa shape index (κ3) is 5.47. The molecule has 208 valence electrons. The monoisotopic (exact) mass is 600 g/mol. The molecule has 2 amide bonds. The van der Waals surface area contributed by atoms with Gasteiger partial charge >= 0.3 is 0 Å². The second-order valence-electron chi connectivity index (χ2n) is 9.40. The van der Waals surface area contributed by atoms with Gasteiger partial charge in [-0.2, -0.15) is 0 Å². The minimum atomic E-state index is -3.72. The SMILES string of the molecule is CS(=O)(=O)C(c1nnc(C[C@@H]2NSNC2=O)o1)c1nc2ccc(-c3ccc(C(=O)N4CCOCC4)cc3)cc2s1. The average Bonchev–Trinajstić information content (AvgIpc) is 3.68. The van der Waals surface area contributed by atoms with Crippen LogP contribution in [0.3, 0.4) is 0 Å². The first-order chi connectivity index (χ1) is 19.3. The molecule has 0 radical (unpaired) electrons. The maximum atomic E-state index is 12.8. The van der Waals surface area contributed by atoms with Crippen LogP contribution in [0.15, 0.2) is 46.9 Å². The van der Waals surface area contributed by atoms with Crippen molar-refractivity contribution in [2.24, 2.45) is 0 Å². The molecule has 40 heavy (non-hydrogen) atoms. The predicted octanol–water partition coefficient (Wildman–Crippen LogP) is 2.15.